The topological polar surface area (TPSA) is 47.1 Å². The van der Waals surface area contributed by atoms with E-state index in [0.29, 0.717) is 12.8 Å². The van der Waals surface area contributed by atoms with Crippen LogP contribution >= 0.6 is 0 Å². The van der Waals surface area contributed by atoms with Gasteiger partial charge in [-0.1, -0.05) is 0 Å². The second kappa shape index (κ2) is 6.68. The maximum Gasteiger partial charge on any atom is 0.401 e. The van der Waals surface area contributed by atoms with Gasteiger partial charge in [0.05, 0.1) is 0 Å². The van der Waals surface area contributed by atoms with Crippen LogP contribution in [0.4, 0.5) is 8.78 Å². The molecule has 2 amide bonds. The number of likely N-dealkylation sites (tertiary alicyclic amines) is 2. The van der Waals surface area contributed by atoms with Crippen LogP contribution in [-0.4, -0.2) is 104 Å². The number of hydrogen-bond acceptors (Lipinski definition) is 4. The first-order chi connectivity index (χ1) is 10.6. The standard InChI is InChI=1S/C15H26F2N4O2/c1-18(2)11-5-7-20(9-11)13(22)15(16,17)14(23)21-8-6-12(10-21)19(3)4/h11-12H,5-10H2,1-4H3/t11-,12-/m0/s1. The third kappa shape index (κ3) is 3.63. The van der Waals surface area contributed by atoms with Gasteiger partial charge in [-0.25, -0.2) is 0 Å². The van der Waals surface area contributed by atoms with E-state index in [2.05, 4.69) is 0 Å². The first-order valence-electron chi connectivity index (χ1n) is 7.94. The van der Waals surface area contributed by atoms with E-state index in [-0.39, 0.29) is 38.3 Å². The van der Waals surface area contributed by atoms with Gasteiger partial charge in [-0.3, -0.25) is 9.59 Å². The summed E-state index contributed by atoms with van der Waals surface area (Å²) < 4.78 is 28.7. The van der Waals surface area contributed by atoms with Crippen molar-refractivity contribution in [3.63, 3.8) is 0 Å². The van der Waals surface area contributed by atoms with Crippen LogP contribution in [0.15, 0.2) is 0 Å². The van der Waals surface area contributed by atoms with Crippen molar-refractivity contribution >= 4 is 11.8 Å². The molecule has 0 aromatic rings. The summed E-state index contributed by atoms with van der Waals surface area (Å²) in [4.78, 5) is 30.3. The number of hydrogen-bond donors (Lipinski definition) is 0. The average Bonchev–Trinajstić information content (AvgIpc) is 3.14. The van der Waals surface area contributed by atoms with Crippen LogP contribution in [-0.2, 0) is 9.59 Å². The van der Waals surface area contributed by atoms with E-state index in [1.807, 2.05) is 38.0 Å². The van der Waals surface area contributed by atoms with E-state index >= 15 is 0 Å². The Balaban J connectivity index is 2.00. The number of amides is 2. The first kappa shape index (κ1) is 18.1. The summed E-state index contributed by atoms with van der Waals surface area (Å²) in [7, 11) is 7.42. The van der Waals surface area contributed by atoms with Crippen molar-refractivity contribution in [3.8, 4) is 0 Å². The summed E-state index contributed by atoms with van der Waals surface area (Å²) in [5.74, 6) is -6.69. The Labute approximate surface area is 136 Å². The number of likely N-dealkylation sites (N-methyl/N-ethyl adjacent to an activating group) is 2. The van der Waals surface area contributed by atoms with Crippen LogP contribution in [0.3, 0.4) is 0 Å². The Morgan fingerprint density at radius 1 is 0.870 bits per heavy atom. The molecule has 2 fully saturated rings. The summed E-state index contributed by atoms with van der Waals surface area (Å²) in [6, 6.07) is 0.129. The first-order valence-corrected chi connectivity index (χ1v) is 7.94. The lowest BCUT2D eigenvalue weighted by Crippen LogP contribution is -2.53. The molecular weight excluding hydrogens is 306 g/mol. The molecule has 0 unspecified atom stereocenters. The molecule has 2 heterocycles. The van der Waals surface area contributed by atoms with Crippen LogP contribution in [0.2, 0.25) is 0 Å². The van der Waals surface area contributed by atoms with Crippen LogP contribution in [0.5, 0.6) is 0 Å². The monoisotopic (exact) mass is 332 g/mol. The maximum atomic E-state index is 14.4. The largest absolute Gasteiger partial charge is 0.401 e. The van der Waals surface area contributed by atoms with Gasteiger partial charge in [0, 0.05) is 38.3 Å². The average molecular weight is 332 g/mol. The lowest BCUT2D eigenvalue weighted by molar-refractivity contribution is -0.172. The van der Waals surface area contributed by atoms with E-state index in [1.165, 1.54) is 0 Å². The number of nitrogens with zero attached hydrogens (tertiary/aromatic N) is 4. The van der Waals surface area contributed by atoms with Crippen molar-refractivity contribution in [1.29, 1.82) is 0 Å². The molecule has 132 valence electrons. The molecule has 2 rings (SSSR count). The minimum atomic E-state index is -3.97. The Hall–Kier alpha value is -1.28. The molecule has 2 aliphatic heterocycles. The molecule has 6 nitrogen and oxygen atoms in total. The summed E-state index contributed by atoms with van der Waals surface area (Å²) in [6.45, 7) is 1.03. The summed E-state index contributed by atoms with van der Waals surface area (Å²) in [5, 5.41) is 0. The van der Waals surface area contributed by atoms with E-state index in [9.17, 15) is 18.4 Å². The van der Waals surface area contributed by atoms with E-state index in [1.54, 1.807) is 0 Å². The predicted molar refractivity (Wildman–Crippen MR) is 82.3 cm³/mol. The summed E-state index contributed by atoms with van der Waals surface area (Å²) in [6.07, 6.45) is 1.30. The lowest BCUT2D eigenvalue weighted by Gasteiger charge is -2.27. The lowest BCUT2D eigenvalue weighted by atomic mass is 10.2. The number of carbonyl (C=O) groups is 2. The van der Waals surface area contributed by atoms with E-state index in [0.717, 1.165) is 9.80 Å². The van der Waals surface area contributed by atoms with Gasteiger partial charge in [0.2, 0.25) is 0 Å². The molecule has 0 bridgehead atoms. The molecule has 2 saturated heterocycles. The van der Waals surface area contributed by atoms with E-state index < -0.39 is 17.7 Å². The molecule has 0 spiro atoms. The Morgan fingerprint density at radius 2 is 1.22 bits per heavy atom. The van der Waals surface area contributed by atoms with Gasteiger partial charge in [0.1, 0.15) is 0 Å². The molecule has 2 atom stereocenters. The minimum absolute atomic E-state index is 0.0646. The molecule has 23 heavy (non-hydrogen) atoms. The van der Waals surface area contributed by atoms with Crippen molar-refractivity contribution < 1.29 is 18.4 Å². The SMILES string of the molecule is CN(C)[C@H]1CCN(C(=O)C(F)(F)C(=O)N2CC[C@H](N(C)C)C2)C1. The zero-order chi connectivity index (χ0) is 17.4. The number of alkyl halides is 2. The van der Waals surface area contributed by atoms with Crippen LogP contribution < -0.4 is 0 Å². The predicted octanol–water partition coefficient (Wildman–Crippen LogP) is -0.0533. The molecule has 0 aromatic carbocycles. The van der Waals surface area contributed by atoms with Gasteiger partial charge in [-0.05, 0) is 41.0 Å². The van der Waals surface area contributed by atoms with Crippen LogP contribution in [0.1, 0.15) is 12.8 Å². The molecular formula is C15H26F2N4O2. The highest BCUT2D eigenvalue weighted by molar-refractivity contribution is 6.06. The highest BCUT2D eigenvalue weighted by Gasteiger charge is 2.53. The van der Waals surface area contributed by atoms with E-state index in [4.69, 9.17) is 0 Å². The zero-order valence-corrected chi connectivity index (χ0v) is 14.3. The zero-order valence-electron chi connectivity index (χ0n) is 14.3. The van der Waals surface area contributed by atoms with Gasteiger partial charge >= 0.3 is 17.7 Å². The quantitative estimate of drug-likeness (QED) is 0.677. The van der Waals surface area contributed by atoms with Gasteiger partial charge in [-0.15, -0.1) is 0 Å². The van der Waals surface area contributed by atoms with Gasteiger partial charge in [0.25, 0.3) is 0 Å². The van der Waals surface area contributed by atoms with Crippen molar-refractivity contribution in [2.45, 2.75) is 30.8 Å². The van der Waals surface area contributed by atoms with Crippen LogP contribution in [0, 0.1) is 0 Å². The van der Waals surface area contributed by atoms with Crippen molar-refractivity contribution in [1.82, 2.24) is 19.6 Å². The molecule has 0 aromatic heterocycles. The van der Waals surface area contributed by atoms with Gasteiger partial charge < -0.3 is 19.6 Å². The molecule has 0 aliphatic carbocycles. The van der Waals surface area contributed by atoms with Gasteiger partial charge in [-0.2, -0.15) is 8.78 Å². The molecule has 0 N–H and O–H groups in total. The third-order valence-electron chi connectivity index (χ3n) is 4.90. The fourth-order valence-corrected chi connectivity index (χ4v) is 3.18. The Bertz CT molecular complexity index is 430. The van der Waals surface area contributed by atoms with Crippen molar-refractivity contribution in [3.05, 3.63) is 0 Å². The third-order valence-corrected chi connectivity index (χ3v) is 4.90. The minimum Gasteiger partial charge on any atom is -0.335 e. The summed E-state index contributed by atoms with van der Waals surface area (Å²) in [5.41, 5.74) is 0. The Morgan fingerprint density at radius 3 is 1.48 bits per heavy atom. The molecule has 8 heteroatoms. The fourth-order valence-electron chi connectivity index (χ4n) is 3.18. The number of halogens is 2. The molecule has 2 aliphatic rings. The molecule has 0 saturated carbocycles. The highest BCUT2D eigenvalue weighted by atomic mass is 19.3. The van der Waals surface area contributed by atoms with Crippen molar-refractivity contribution in [2.75, 3.05) is 54.4 Å². The fraction of sp³-hybridized carbons (Fsp3) is 0.867. The normalized spacial score (nSPS) is 25.7. The maximum absolute atomic E-state index is 14.4. The smallest absolute Gasteiger partial charge is 0.335 e. The second-order valence-corrected chi connectivity index (χ2v) is 6.89. The van der Waals surface area contributed by atoms with Gasteiger partial charge in [0.15, 0.2) is 0 Å². The Kier molecular flexibility index (Phi) is 5.25. The van der Waals surface area contributed by atoms with Crippen molar-refractivity contribution in [2.24, 2.45) is 0 Å². The number of carbonyl (C=O) groups excluding carboxylic acids is 2. The molecule has 0 radical (unpaired) electrons. The second-order valence-electron chi connectivity index (χ2n) is 6.89. The van der Waals surface area contributed by atoms with Crippen LogP contribution in [0.25, 0.3) is 0 Å². The summed E-state index contributed by atoms with van der Waals surface area (Å²) >= 11 is 0. The highest BCUT2D eigenvalue weighted by Crippen LogP contribution is 2.26. The number of rotatable bonds is 4.